The summed E-state index contributed by atoms with van der Waals surface area (Å²) in [5.74, 6) is -2.75. The summed E-state index contributed by atoms with van der Waals surface area (Å²) in [7, 11) is 2.14. The molecule has 0 saturated carbocycles. The lowest BCUT2D eigenvalue weighted by molar-refractivity contribution is -0.164. The molecule has 0 spiro atoms. The first-order chi connectivity index (χ1) is 7.48. The van der Waals surface area contributed by atoms with Crippen molar-refractivity contribution in [1.29, 1.82) is 0 Å². The molecule has 0 aromatic carbocycles. The smallest absolute Gasteiger partial charge is 0.335 e. The van der Waals surface area contributed by atoms with Crippen LogP contribution in [0, 0.1) is 5.41 Å². The lowest BCUT2D eigenvalue weighted by Crippen LogP contribution is -2.42. The Labute approximate surface area is 91.8 Å². The molecule has 0 atom stereocenters. The molecule has 0 amide bonds. The van der Waals surface area contributed by atoms with Gasteiger partial charge in [0.2, 0.25) is 5.41 Å². The standard InChI is InChI=1S/C10H12O6/c1-15-8(13)10(9(14)16-2)5-6(11)3-4-7(10)12/h4-5,11-12H,3H2,1-2H3. The fraction of sp³-hybridized carbons (Fsp3) is 0.400. The van der Waals surface area contributed by atoms with E-state index in [1.165, 1.54) is 0 Å². The number of rotatable bonds is 2. The molecule has 0 saturated heterocycles. The van der Waals surface area contributed by atoms with Gasteiger partial charge in [-0.3, -0.25) is 0 Å². The highest BCUT2D eigenvalue weighted by atomic mass is 16.5. The van der Waals surface area contributed by atoms with Crippen molar-refractivity contribution in [2.24, 2.45) is 5.41 Å². The van der Waals surface area contributed by atoms with Gasteiger partial charge in [0, 0.05) is 6.42 Å². The van der Waals surface area contributed by atoms with Crippen molar-refractivity contribution in [3.05, 3.63) is 23.7 Å². The average molecular weight is 228 g/mol. The van der Waals surface area contributed by atoms with Crippen LogP contribution in [0.1, 0.15) is 6.42 Å². The van der Waals surface area contributed by atoms with E-state index in [1.54, 1.807) is 0 Å². The summed E-state index contributed by atoms with van der Waals surface area (Å²) in [6.45, 7) is 0. The van der Waals surface area contributed by atoms with Gasteiger partial charge >= 0.3 is 11.9 Å². The molecule has 1 rings (SSSR count). The number of aliphatic hydroxyl groups is 2. The topological polar surface area (TPSA) is 93.1 Å². The first-order valence-corrected chi connectivity index (χ1v) is 4.46. The number of methoxy groups -OCH3 is 2. The molecule has 0 fully saturated rings. The van der Waals surface area contributed by atoms with Crippen molar-refractivity contribution >= 4 is 11.9 Å². The van der Waals surface area contributed by atoms with E-state index in [1.807, 2.05) is 0 Å². The Morgan fingerprint density at radius 3 is 2.19 bits per heavy atom. The van der Waals surface area contributed by atoms with Crippen molar-refractivity contribution in [3.8, 4) is 0 Å². The summed E-state index contributed by atoms with van der Waals surface area (Å²) >= 11 is 0. The highest BCUT2D eigenvalue weighted by molar-refractivity contribution is 6.05. The molecule has 88 valence electrons. The second-order valence-electron chi connectivity index (χ2n) is 3.22. The van der Waals surface area contributed by atoms with Gasteiger partial charge in [-0.2, -0.15) is 0 Å². The minimum absolute atomic E-state index is 0.0432. The Kier molecular flexibility index (Phi) is 3.22. The molecule has 1 aliphatic carbocycles. The van der Waals surface area contributed by atoms with Crippen molar-refractivity contribution in [2.45, 2.75) is 6.42 Å². The van der Waals surface area contributed by atoms with Crippen molar-refractivity contribution in [1.82, 2.24) is 0 Å². The highest BCUT2D eigenvalue weighted by Crippen LogP contribution is 2.35. The van der Waals surface area contributed by atoms with Crippen LogP contribution < -0.4 is 0 Å². The predicted octanol–water partition coefficient (Wildman–Crippen LogP) is 0.606. The molecule has 6 heteroatoms. The normalized spacial score (nSPS) is 18.1. The molecular weight excluding hydrogens is 216 g/mol. The summed E-state index contributed by atoms with van der Waals surface area (Å²) < 4.78 is 8.88. The Bertz CT molecular complexity index is 363. The van der Waals surface area contributed by atoms with Crippen LogP contribution in [-0.2, 0) is 19.1 Å². The van der Waals surface area contributed by atoms with E-state index >= 15 is 0 Å². The highest BCUT2D eigenvalue weighted by Gasteiger charge is 2.52. The second kappa shape index (κ2) is 4.26. The molecule has 1 aliphatic rings. The Morgan fingerprint density at radius 1 is 1.25 bits per heavy atom. The van der Waals surface area contributed by atoms with E-state index in [4.69, 9.17) is 0 Å². The monoisotopic (exact) mass is 228 g/mol. The zero-order chi connectivity index (χ0) is 12.3. The molecular formula is C10H12O6. The van der Waals surface area contributed by atoms with Gasteiger partial charge in [-0.1, -0.05) is 0 Å². The molecule has 0 radical (unpaired) electrons. The van der Waals surface area contributed by atoms with E-state index in [0.29, 0.717) is 0 Å². The Hall–Kier alpha value is -1.98. The second-order valence-corrected chi connectivity index (χ2v) is 3.22. The summed E-state index contributed by atoms with van der Waals surface area (Å²) in [5, 5.41) is 19.0. The van der Waals surface area contributed by atoms with E-state index in [9.17, 15) is 19.8 Å². The van der Waals surface area contributed by atoms with Crippen LogP contribution in [0.4, 0.5) is 0 Å². The maximum atomic E-state index is 11.6. The summed E-state index contributed by atoms with van der Waals surface area (Å²) in [5.41, 5.74) is -2.09. The van der Waals surface area contributed by atoms with Gasteiger partial charge in [0.15, 0.2) is 0 Å². The number of hydrogen-bond donors (Lipinski definition) is 2. The fourth-order valence-corrected chi connectivity index (χ4v) is 1.48. The fourth-order valence-electron chi connectivity index (χ4n) is 1.48. The SMILES string of the molecule is COC(=O)C1(C(=O)OC)C=C(O)CC=C1O. The van der Waals surface area contributed by atoms with E-state index in [0.717, 1.165) is 26.4 Å². The van der Waals surface area contributed by atoms with Crippen LogP contribution in [0.3, 0.4) is 0 Å². The average Bonchev–Trinajstić information content (AvgIpc) is 2.30. The quantitative estimate of drug-likeness (QED) is 0.531. The van der Waals surface area contributed by atoms with Gasteiger partial charge in [-0.25, -0.2) is 9.59 Å². The van der Waals surface area contributed by atoms with Gasteiger partial charge in [0.05, 0.1) is 20.0 Å². The Balaban J connectivity index is 3.33. The molecule has 0 unspecified atom stereocenters. The van der Waals surface area contributed by atoms with Gasteiger partial charge in [0.25, 0.3) is 0 Å². The zero-order valence-corrected chi connectivity index (χ0v) is 8.89. The van der Waals surface area contributed by atoms with E-state index in [-0.39, 0.29) is 12.2 Å². The number of ether oxygens (including phenoxy) is 2. The maximum Gasteiger partial charge on any atom is 0.335 e. The summed E-state index contributed by atoms with van der Waals surface area (Å²) in [6, 6.07) is 0. The number of esters is 2. The van der Waals surface area contributed by atoms with Crippen molar-refractivity contribution < 1.29 is 29.3 Å². The maximum absolute atomic E-state index is 11.6. The summed E-state index contributed by atoms with van der Waals surface area (Å²) in [4.78, 5) is 23.1. The van der Waals surface area contributed by atoms with Crippen molar-refractivity contribution in [3.63, 3.8) is 0 Å². The third kappa shape index (κ3) is 1.62. The first kappa shape index (κ1) is 12.1. The number of aliphatic hydroxyl groups excluding tert-OH is 2. The third-order valence-electron chi connectivity index (χ3n) is 2.31. The van der Waals surface area contributed by atoms with Crippen LogP contribution in [0.25, 0.3) is 0 Å². The minimum atomic E-state index is -2.09. The third-order valence-corrected chi connectivity index (χ3v) is 2.31. The molecule has 0 heterocycles. The molecule has 6 nitrogen and oxygen atoms in total. The van der Waals surface area contributed by atoms with E-state index < -0.39 is 23.1 Å². The predicted molar refractivity (Wildman–Crippen MR) is 52.5 cm³/mol. The molecule has 16 heavy (non-hydrogen) atoms. The van der Waals surface area contributed by atoms with Gasteiger partial charge in [-0.05, 0) is 12.2 Å². The van der Waals surface area contributed by atoms with E-state index in [2.05, 4.69) is 9.47 Å². The molecule has 2 N–H and O–H groups in total. The number of carbonyl (C=O) groups excluding carboxylic acids is 2. The number of carbonyl (C=O) groups is 2. The van der Waals surface area contributed by atoms with Gasteiger partial charge in [-0.15, -0.1) is 0 Å². The largest absolute Gasteiger partial charge is 0.512 e. The summed E-state index contributed by atoms with van der Waals surface area (Å²) in [6.07, 6.45) is 2.13. The number of hydrogen-bond acceptors (Lipinski definition) is 6. The van der Waals surface area contributed by atoms with Crippen LogP contribution in [-0.4, -0.2) is 36.4 Å². The molecule has 0 bridgehead atoms. The Morgan fingerprint density at radius 2 is 1.75 bits per heavy atom. The first-order valence-electron chi connectivity index (χ1n) is 4.46. The van der Waals surface area contributed by atoms with Crippen molar-refractivity contribution in [2.75, 3.05) is 14.2 Å². The minimum Gasteiger partial charge on any atom is -0.512 e. The molecule has 0 aromatic heterocycles. The molecule has 0 aliphatic heterocycles. The zero-order valence-electron chi connectivity index (χ0n) is 8.89. The van der Waals surface area contributed by atoms with Crippen LogP contribution in [0.15, 0.2) is 23.7 Å². The van der Waals surface area contributed by atoms with Gasteiger partial charge < -0.3 is 19.7 Å². The van der Waals surface area contributed by atoms with Crippen LogP contribution in [0.5, 0.6) is 0 Å². The van der Waals surface area contributed by atoms with Crippen LogP contribution >= 0.6 is 0 Å². The van der Waals surface area contributed by atoms with Crippen LogP contribution in [0.2, 0.25) is 0 Å². The van der Waals surface area contributed by atoms with Gasteiger partial charge in [0.1, 0.15) is 5.76 Å². The lowest BCUT2D eigenvalue weighted by Gasteiger charge is -2.26. The molecule has 0 aromatic rings. The number of allylic oxidation sites excluding steroid dienone is 1. The lowest BCUT2D eigenvalue weighted by atomic mass is 9.81.